The first-order chi connectivity index (χ1) is 13.0. The highest BCUT2D eigenvalue weighted by atomic mass is 16.5. The van der Waals surface area contributed by atoms with Gasteiger partial charge >= 0.3 is 0 Å². The van der Waals surface area contributed by atoms with Crippen LogP contribution >= 0.6 is 0 Å². The number of ketones is 1. The highest BCUT2D eigenvalue weighted by molar-refractivity contribution is 5.99. The largest absolute Gasteiger partial charge is 0.628 e. The molecule has 142 valence electrons. The molecule has 1 heterocycles. The fourth-order valence-electron chi connectivity index (χ4n) is 3.23. The van der Waals surface area contributed by atoms with Gasteiger partial charge in [0.15, 0.2) is 11.7 Å². The van der Waals surface area contributed by atoms with Gasteiger partial charge in [-0.05, 0) is 57.9 Å². The van der Waals surface area contributed by atoms with Gasteiger partial charge in [0, 0.05) is 6.07 Å². The average molecular weight is 366 g/mol. The van der Waals surface area contributed by atoms with Gasteiger partial charge in [0.2, 0.25) is 5.78 Å². The number of hydrogen-bond donors (Lipinski definition) is 2. The molecule has 0 saturated heterocycles. The summed E-state index contributed by atoms with van der Waals surface area (Å²) in [5, 5.41) is 15.8. The fraction of sp³-hybridized carbons (Fsp3) is 0.318. The summed E-state index contributed by atoms with van der Waals surface area (Å²) < 4.78 is 5.92. The van der Waals surface area contributed by atoms with Gasteiger partial charge in [-0.3, -0.25) is 4.79 Å². The monoisotopic (exact) mass is 366 g/mol. The Morgan fingerprint density at radius 2 is 2.11 bits per heavy atom. The second-order valence-corrected chi connectivity index (χ2v) is 7.17. The minimum atomic E-state index is -0.755. The number of carbonyl (C=O) groups excluding carboxylic acids is 1. The molecule has 27 heavy (non-hydrogen) atoms. The van der Waals surface area contributed by atoms with Crippen molar-refractivity contribution in [1.29, 1.82) is 0 Å². The Morgan fingerprint density at radius 3 is 2.89 bits per heavy atom. The predicted molar refractivity (Wildman–Crippen MR) is 108 cm³/mol. The van der Waals surface area contributed by atoms with Crippen molar-refractivity contribution in [3.05, 3.63) is 70.6 Å². The van der Waals surface area contributed by atoms with Crippen molar-refractivity contribution in [2.75, 3.05) is 11.9 Å². The molecule has 0 aromatic heterocycles. The number of hydroxylamine groups is 1. The van der Waals surface area contributed by atoms with Crippen LogP contribution in [0.25, 0.3) is 0 Å². The standard InChI is InChI=1S/C22H26N2O3/c1-15(2)7-4-8-16(3)13-14-27-20-12-6-10-18-21(20)23-17-9-5-11-19(25)22(17)24(18)26/h5-7,9-13,22-24H,4,8,14H2,1-3H3. The number of para-hydroxylation sites is 1. The minimum Gasteiger partial charge on any atom is -0.628 e. The Balaban J connectivity index is 1.72. The van der Waals surface area contributed by atoms with E-state index in [0.717, 1.165) is 12.8 Å². The average Bonchev–Trinajstić information content (AvgIpc) is 2.62. The van der Waals surface area contributed by atoms with E-state index in [2.05, 4.69) is 38.2 Å². The maximum Gasteiger partial charge on any atom is 0.219 e. The van der Waals surface area contributed by atoms with Gasteiger partial charge in [0.1, 0.15) is 18.0 Å². The van der Waals surface area contributed by atoms with Gasteiger partial charge < -0.3 is 20.3 Å². The van der Waals surface area contributed by atoms with Crippen LogP contribution in [0.15, 0.2) is 65.4 Å². The maximum atomic E-state index is 12.8. The molecule has 0 fully saturated rings. The number of ether oxygens (including phenoxy) is 1. The molecule has 0 bridgehead atoms. The summed E-state index contributed by atoms with van der Waals surface area (Å²) in [7, 11) is 0. The summed E-state index contributed by atoms with van der Waals surface area (Å²) in [6.07, 6.45) is 11.2. The Labute approximate surface area is 160 Å². The zero-order chi connectivity index (χ0) is 19.4. The molecule has 5 nitrogen and oxygen atoms in total. The van der Waals surface area contributed by atoms with E-state index in [-0.39, 0.29) is 10.8 Å². The van der Waals surface area contributed by atoms with Crippen LogP contribution in [0.1, 0.15) is 33.6 Å². The van der Waals surface area contributed by atoms with Gasteiger partial charge in [-0.1, -0.05) is 29.4 Å². The molecule has 2 aliphatic rings. The quantitative estimate of drug-likeness (QED) is 0.596. The van der Waals surface area contributed by atoms with Crippen molar-refractivity contribution in [3.63, 3.8) is 0 Å². The molecule has 0 saturated carbocycles. The topological polar surface area (TPSA) is 65.8 Å². The third-order valence-corrected chi connectivity index (χ3v) is 4.72. The summed E-state index contributed by atoms with van der Waals surface area (Å²) in [5.74, 6) is 0.437. The van der Waals surface area contributed by atoms with E-state index in [1.165, 1.54) is 17.2 Å². The van der Waals surface area contributed by atoms with E-state index < -0.39 is 6.04 Å². The molecule has 0 radical (unpaired) electrons. The number of rotatable bonds is 6. The van der Waals surface area contributed by atoms with Crippen molar-refractivity contribution < 1.29 is 14.6 Å². The Hall–Kier alpha value is -2.63. The van der Waals surface area contributed by atoms with Gasteiger partial charge in [-0.2, -0.15) is 0 Å². The lowest BCUT2D eigenvalue weighted by molar-refractivity contribution is -0.789. The zero-order valence-corrected chi connectivity index (χ0v) is 16.0. The van der Waals surface area contributed by atoms with Crippen LogP contribution in [0.2, 0.25) is 0 Å². The number of anilines is 1. The van der Waals surface area contributed by atoms with Crippen LogP contribution in [0.5, 0.6) is 5.75 Å². The lowest BCUT2D eigenvalue weighted by atomic mass is 9.99. The number of quaternary nitrogens is 1. The normalized spacial score (nSPS) is 21.0. The van der Waals surface area contributed by atoms with E-state index in [1.54, 1.807) is 24.3 Å². The second-order valence-electron chi connectivity index (χ2n) is 7.17. The zero-order valence-electron chi connectivity index (χ0n) is 16.0. The fourth-order valence-corrected chi connectivity index (χ4v) is 3.23. The molecule has 1 aliphatic heterocycles. The molecule has 5 heteroatoms. The van der Waals surface area contributed by atoms with Crippen molar-refractivity contribution in [2.45, 2.75) is 39.7 Å². The number of allylic oxidation sites excluding steroid dienone is 5. The Kier molecular flexibility index (Phi) is 5.94. The first-order valence-electron chi connectivity index (χ1n) is 9.25. The van der Waals surface area contributed by atoms with Crippen molar-refractivity contribution >= 4 is 17.2 Å². The summed E-state index contributed by atoms with van der Waals surface area (Å²) in [4.78, 5) is 12.1. The van der Waals surface area contributed by atoms with E-state index in [9.17, 15) is 10.0 Å². The second kappa shape index (κ2) is 8.37. The van der Waals surface area contributed by atoms with Crippen LogP contribution in [0, 0.1) is 5.21 Å². The highest BCUT2D eigenvalue weighted by Gasteiger charge is 2.37. The first-order valence-corrected chi connectivity index (χ1v) is 9.25. The summed E-state index contributed by atoms with van der Waals surface area (Å²) in [6, 6.07) is 4.61. The molecule has 0 spiro atoms. The van der Waals surface area contributed by atoms with Crippen molar-refractivity contribution in [1.82, 2.24) is 0 Å². The maximum absolute atomic E-state index is 12.8. The molecule has 1 aromatic rings. The first kappa shape index (κ1) is 19.1. The molecule has 2 atom stereocenters. The summed E-state index contributed by atoms with van der Waals surface area (Å²) in [6.45, 7) is 6.74. The number of carbonyl (C=O) groups is 1. The summed E-state index contributed by atoms with van der Waals surface area (Å²) >= 11 is 0. The minimum absolute atomic E-state index is 0.178. The van der Waals surface area contributed by atoms with Crippen LogP contribution in [0.3, 0.4) is 0 Å². The van der Waals surface area contributed by atoms with Crippen molar-refractivity contribution in [3.8, 4) is 5.75 Å². The number of benzene rings is 1. The SMILES string of the molecule is CC(C)=CCCC(C)=CCOc1cccc2c1NC1=CC=CC(=O)C1[NH+]2[O-]. The van der Waals surface area contributed by atoms with Gasteiger partial charge in [0.05, 0.1) is 5.70 Å². The summed E-state index contributed by atoms with van der Waals surface area (Å²) in [5.41, 5.74) is 4.36. The molecule has 1 aliphatic carbocycles. The van der Waals surface area contributed by atoms with E-state index in [1.807, 2.05) is 6.07 Å². The van der Waals surface area contributed by atoms with E-state index in [0.29, 0.717) is 29.4 Å². The van der Waals surface area contributed by atoms with Gasteiger partial charge in [0.25, 0.3) is 0 Å². The van der Waals surface area contributed by atoms with E-state index in [4.69, 9.17) is 4.74 Å². The lowest BCUT2D eigenvalue weighted by Gasteiger charge is -2.38. The molecule has 1 aromatic carbocycles. The van der Waals surface area contributed by atoms with Crippen molar-refractivity contribution in [2.24, 2.45) is 0 Å². The van der Waals surface area contributed by atoms with Gasteiger partial charge in [-0.15, -0.1) is 0 Å². The van der Waals surface area contributed by atoms with E-state index >= 15 is 0 Å². The molecule has 3 rings (SSSR count). The van der Waals surface area contributed by atoms with Crippen LogP contribution < -0.4 is 15.1 Å². The number of hydrogen-bond acceptors (Lipinski definition) is 4. The molecule has 0 amide bonds. The Bertz CT molecular complexity index is 845. The van der Waals surface area contributed by atoms with Crippen LogP contribution in [-0.4, -0.2) is 18.4 Å². The predicted octanol–water partition coefficient (Wildman–Crippen LogP) is 3.59. The smallest absolute Gasteiger partial charge is 0.219 e. The molecular formula is C22H26N2O3. The number of fused-ring (bicyclic) bond motifs is 2. The van der Waals surface area contributed by atoms with Gasteiger partial charge in [-0.25, -0.2) is 0 Å². The molecule has 2 unspecified atom stereocenters. The molecule has 2 N–H and O–H groups in total. The van der Waals surface area contributed by atoms with Crippen LogP contribution in [0.4, 0.5) is 11.4 Å². The lowest BCUT2D eigenvalue weighted by Crippen LogP contribution is -3.09. The Morgan fingerprint density at radius 1 is 1.30 bits per heavy atom. The third-order valence-electron chi connectivity index (χ3n) is 4.72. The van der Waals surface area contributed by atoms with Crippen LogP contribution in [-0.2, 0) is 4.79 Å². The highest BCUT2D eigenvalue weighted by Crippen LogP contribution is 2.35. The molecular weight excluding hydrogens is 340 g/mol. The number of nitrogens with one attached hydrogen (secondary N) is 2. The third kappa shape index (κ3) is 4.38.